The number of hydrogen-bond donors (Lipinski definition) is 1. The molecule has 0 aliphatic carbocycles. The molecule has 0 radical (unpaired) electrons. The van der Waals surface area contributed by atoms with E-state index in [0.29, 0.717) is 0 Å². The molecule has 2 heteroatoms. The van der Waals surface area contributed by atoms with Crippen LogP contribution in [0.15, 0.2) is 24.3 Å². The van der Waals surface area contributed by atoms with Crippen LogP contribution in [0.3, 0.4) is 0 Å². The van der Waals surface area contributed by atoms with E-state index in [-0.39, 0.29) is 6.04 Å². The molecule has 1 unspecified atom stereocenters. The smallest absolute Gasteiger partial charge is 0.0414 e. The Morgan fingerprint density at radius 2 is 1.74 bits per heavy atom. The first-order chi connectivity index (χ1) is 9.18. The molecule has 0 spiro atoms. The lowest BCUT2D eigenvalue weighted by Gasteiger charge is -2.32. The SMILES string of the molecule is CC(C)CCC(N)c1ccccc1N1CCCCC1. The highest BCUT2D eigenvalue weighted by Gasteiger charge is 2.17. The van der Waals surface area contributed by atoms with Gasteiger partial charge in [-0.3, -0.25) is 0 Å². The minimum absolute atomic E-state index is 0.181. The summed E-state index contributed by atoms with van der Waals surface area (Å²) in [5, 5.41) is 0. The Bertz CT molecular complexity index is 381. The molecule has 19 heavy (non-hydrogen) atoms. The van der Waals surface area contributed by atoms with Gasteiger partial charge < -0.3 is 10.6 Å². The number of rotatable bonds is 5. The average Bonchev–Trinajstić information content (AvgIpc) is 2.45. The highest BCUT2D eigenvalue weighted by Crippen LogP contribution is 2.30. The van der Waals surface area contributed by atoms with Crippen molar-refractivity contribution in [2.75, 3.05) is 18.0 Å². The summed E-state index contributed by atoms with van der Waals surface area (Å²) < 4.78 is 0. The van der Waals surface area contributed by atoms with Crippen LogP contribution in [0.1, 0.15) is 57.6 Å². The fourth-order valence-electron chi connectivity index (χ4n) is 2.89. The molecule has 0 bridgehead atoms. The second-order valence-corrected chi connectivity index (χ2v) is 6.18. The van der Waals surface area contributed by atoms with Crippen LogP contribution in [0.5, 0.6) is 0 Å². The number of piperidine rings is 1. The largest absolute Gasteiger partial charge is 0.371 e. The molecular weight excluding hydrogens is 232 g/mol. The van der Waals surface area contributed by atoms with Gasteiger partial charge in [-0.1, -0.05) is 32.0 Å². The van der Waals surface area contributed by atoms with E-state index in [1.807, 2.05) is 0 Å². The second-order valence-electron chi connectivity index (χ2n) is 6.18. The van der Waals surface area contributed by atoms with Crippen LogP contribution in [0, 0.1) is 5.92 Å². The standard InChI is InChI=1S/C17H28N2/c1-14(2)10-11-16(18)15-8-4-5-9-17(15)19-12-6-3-7-13-19/h4-5,8-9,14,16H,3,6-7,10-13,18H2,1-2H3. The maximum atomic E-state index is 6.42. The van der Waals surface area contributed by atoms with Gasteiger partial charge in [0.25, 0.3) is 0 Å². The summed E-state index contributed by atoms with van der Waals surface area (Å²) >= 11 is 0. The molecule has 1 fully saturated rings. The van der Waals surface area contributed by atoms with Gasteiger partial charge in [0.05, 0.1) is 0 Å². The summed E-state index contributed by atoms with van der Waals surface area (Å²) in [6.45, 7) is 6.91. The van der Waals surface area contributed by atoms with E-state index in [2.05, 4.69) is 43.0 Å². The van der Waals surface area contributed by atoms with E-state index < -0.39 is 0 Å². The Hall–Kier alpha value is -1.02. The third kappa shape index (κ3) is 3.97. The molecule has 1 atom stereocenters. The van der Waals surface area contributed by atoms with E-state index in [0.717, 1.165) is 12.3 Å². The molecule has 2 rings (SSSR count). The zero-order valence-electron chi connectivity index (χ0n) is 12.4. The Kier molecular flexibility index (Phi) is 5.26. The zero-order valence-corrected chi connectivity index (χ0v) is 12.4. The topological polar surface area (TPSA) is 29.3 Å². The summed E-state index contributed by atoms with van der Waals surface area (Å²) in [6.07, 6.45) is 6.29. The monoisotopic (exact) mass is 260 g/mol. The lowest BCUT2D eigenvalue weighted by atomic mass is 9.96. The van der Waals surface area contributed by atoms with Gasteiger partial charge in [-0.05, 0) is 49.7 Å². The third-order valence-corrected chi connectivity index (χ3v) is 4.09. The molecule has 1 saturated heterocycles. The number of hydrogen-bond acceptors (Lipinski definition) is 2. The molecule has 0 aromatic heterocycles. The van der Waals surface area contributed by atoms with Crippen molar-refractivity contribution < 1.29 is 0 Å². The quantitative estimate of drug-likeness (QED) is 0.863. The fraction of sp³-hybridized carbons (Fsp3) is 0.647. The van der Waals surface area contributed by atoms with Crippen molar-refractivity contribution in [1.82, 2.24) is 0 Å². The molecule has 1 aliphatic rings. The second kappa shape index (κ2) is 6.95. The molecule has 1 aromatic carbocycles. The summed E-state index contributed by atoms with van der Waals surface area (Å²) in [4.78, 5) is 2.52. The van der Waals surface area contributed by atoms with Crippen LogP contribution in [-0.2, 0) is 0 Å². The van der Waals surface area contributed by atoms with Crippen LogP contribution < -0.4 is 10.6 Å². The van der Waals surface area contributed by atoms with Crippen LogP contribution in [0.4, 0.5) is 5.69 Å². The van der Waals surface area contributed by atoms with Crippen LogP contribution >= 0.6 is 0 Å². The molecule has 2 nitrogen and oxygen atoms in total. The van der Waals surface area contributed by atoms with Crippen molar-refractivity contribution >= 4 is 5.69 Å². The predicted octanol–water partition coefficient (Wildman–Crippen LogP) is 4.11. The summed E-state index contributed by atoms with van der Waals surface area (Å²) in [5.74, 6) is 0.730. The number of benzene rings is 1. The Balaban J connectivity index is 2.10. The van der Waals surface area contributed by atoms with Crippen LogP contribution in [0.25, 0.3) is 0 Å². The number of anilines is 1. The number of nitrogens with two attached hydrogens (primary N) is 1. The summed E-state index contributed by atoms with van der Waals surface area (Å²) in [7, 11) is 0. The lowest BCUT2D eigenvalue weighted by molar-refractivity contribution is 0.505. The minimum Gasteiger partial charge on any atom is -0.371 e. The van der Waals surface area contributed by atoms with Crippen molar-refractivity contribution in [2.24, 2.45) is 11.7 Å². The van der Waals surface area contributed by atoms with Gasteiger partial charge in [0, 0.05) is 24.8 Å². The van der Waals surface area contributed by atoms with E-state index in [1.165, 1.54) is 50.0 Å². The number of para-hydroxylation sites is 1. The normalized spacial score (nSPS) is 17.8. The third-order valence-electron chi connectivity index (χ3n) is 4.09. The molecule has 1 aliphatic heterocycles. The molecule has 1 heterocycles. The van der Waals surface area contributed by atoms with Gasteiger partial charge in [0.2, 0.25) is 0 Å². The Morgan fingerprint density at radius 1 is 1.05 bits per heavy atom. The summed E-state index contributed by atoms with van der Waals surface area (Å²) in [6, 6.07) is 8.91. The van der Waals surface area contributed by atoms with Crippen molar-refractivity contribution in [3.05, 3.63) is 29.8 Å². The highest BCUT2D eigenvalue weighted by molar-refractivity contribution is 5.55. The van der Waals surface area contributed by atoms with Crippen molar-refractivity contribution in [2.45, 2.75) is 52.0 Å². The first kappa shape index (κ1) is 14.4. The van der Waals surface area contributed by atoms with Crippen LogP contribution in [0.2, 0.25) is 0 Å². The lowest BCUT2D eigenvalue weighted by Crippen LogP contribution is -2.31. The average molecular weight is 260 g/mol. The van der Waals surface area contributed by atoms with Gasteiger partial charge in [0.1, 0.15) is 0 Å². The zero-order chi connectivity index (χ0) is 13.7. The molecule has 0 saturated carbocycles. The van der Waals surface area contributed by atoms with E-state index in [9.17, 15) is 0 Å². The van der Waals surface area contributed by atoms with Gasteiger partial charge in [-0.2, -0.15) is 0 Å². The van der Waals surface area contributed by atoms with Crippen molar-refractivity contribution in [3.8, 4) is 0 Å². The van der Waals surface area contributed by atoms with Crippen molar-refractivity contribution in [1.29, 1.82) is 0 Å². The molecule has 2 N–H and O–H groups in total. The van der Waals surface area contributed by atoms with Gasteiger partial charge in [0.15, 0.2) is 0 Å². The molecule has 0 amide bonds. The summed E-state index contributed by atoms with van der Waals surface area (Å²) in [5.41, 5.74) is 9.14. The van der Waals surface area contributed by atoms with E-state index in [1.54, 1.807) is 0 Å². The first-order valence-corrected chi connectivity index (χ1v) is 7.78. The fourth-order valence-corrected chi connectivity index (χ4v) is 2.89. The minimum atomic E-state index is 0.181. The maximum absolute atomic E-state index is 6.42. The van der Waals surface area contributed by atoms with E-state index in [4.69, 9.17) is 5.73 Å². The van der Waals surface area contributed by atoms with Gasteiger partial charge >= 0.3 is 0 Å². The first-order valence-electron chi connectivity index (χ1n) is 7.78. The van der Waals surface area contributed by atoms with Crippen molar-refractivity contribution in [3.63, 3.8) is 0 Å². The van der Waals surface area contributed by atoms with Gasteiger partial charge in [-0.15, -0.1) is 0 Å². The Morgan fingerprint density at radius 3 is 2.42 bits per heavy atom. The molecular formula is C17H28N2. The highest BCUT2D eigenvalue weighted by atomic mass is 15.1. The predicted molar refractivity (Wildman–Crippen MR) is 83.5 cm³/mol. The Labute approximate surface area is 118 Å². The van der Waals surface area contributed by atoms with E-state index >= 15 is 0 Å². The maximum Gasteiger partial charge on any atom is 0.0414 e. The van der Waals surface area contributed by atoms with Gasteiger partial charge in [-0.25, -0.2) is 0 Å². The molecule has 106 valence electrons. The number of nitrogens with zero attached hydrogens (tertiary/aromatic N) is 1. The van der Waals surface area contributed by atoms with Crippen LogP contribution in [-0.4, -0.2) is 13.1 Å². The molecule has 1 aromatic rings.